The van der Waals surface area contributed by atoms with Gasteiger partial charge in [0.2, 0.25) is 6.29 Å². The van der Waals surface area contributed by atoms with Crippen LogP contribution in [0.15, 0.2) is 30.3 Å². The van der Waals surface area contributed by atoms with E-state index in [0.29, 0.717) is 5.56 Å². The average Bonchev–Trinajstić information content (AvgIpc) is 2.87. The molecule has 1 aromatic rings. The van der Waals surface area contributed by atoms with Crippen molar-refractivity contribution in [3.05, 3.63) is 35.9 Å². The minimum Gasteiger partial charge on any atom is -0.429 e. The van der Waals surface area contributed by atoms with Crippen molar-refractivity contribution in [1.82, 2.24) is 0 Å². The zero-order valence-corrected chi connectivity index (χ0v) is 11.9. The number of carbonyl (C=O) groups excluding carboxylic acids is 1. The fourth-order valence-corrected chi connectivity index (χ4v) is 2.65. The number of rotatable bonds is 2. The summed E-state index contributed by atoms with van der Waals surface area (Å²) in [5, 5.41) is 0. The number of halogens is 1. The fourth-order valence-electron chi connectivity index (χ4n) is 2.36. The highest BCUT2D eigenvalue weighted by atomic mass is 35.5. The Morgan fingerprint density at radius 1 is 1.20 bits per heavy atom. The van der Waals surface area contributed by atoms with Gasteiger partial charge in [0, 0.05) is 0 Å². The molecule has 5 nitrogen and oxygen atoms in total. The normalized spacial score (nSPS) is 34.8. The highest BCUT2D eigenvalue weighted by Crippen LogP contribution is 2.40. The fraction of sp³-hybridized carbons (Fsp3) is 0.500. The van der Waals surface area contributed by atoms with Crippen molar-refractivity contribution in [2.24, 2.45) is 0 Å². The number of esters is 1. The summed E-state index contributed by atoms with van der Waals surface area (Å²) in [6.45, 7) is 3.57. The van der Waals surface area contributed by atoms with Gasteiger partial charge in [0.1, 0.15) is 6.10 Å². The van der Waals surface area contributed by atoms with Gasteiger partial charge in [-0.15, -0.1) is 0 Å². The molecule has 0 saturated carbocycles. The lowest BCUT2D eigenvalue weighted by atomic mass is 10.2. The molecule has 2 heterocycles. The molecule has 0 bridgehead atoms. The molecule has 0 N–H and O–H groups in total. The minimum absolute atomic E-state index is 0.444. The molecule has 20 heavy (non-hydrogen) atoms. The minimum atomic E-state index is -0.864. The molecule has 6 heteroatoms. The average molecular weight is 299 g/mol. The van der Waals surface area contributed by atoms with Crippen LogP contribution in [-0.2, 0) is 18.9 Å². The molecule has 2 aliphatic heterocycles. The van der Waals surface area contributed by atoms with Gasteiger partial charge in [-0.2, -0.15) is 0 Å². The van der Waals surface area contributed by atoms with E-state index in [1.165, 1.54) is 0 Å². The second-order valence-corrected chi connectivity index (χ2v) is 5.62. The van der Waals surface area contributed by atoms with Crippen LogP contribution in [0.5, 0.6) is 0 Å². The Balaban J connectivity index is 1.71. The third-order valence-corrected chi connectivity index (χ3v) is 3.54. The molecule has 4 atom stereocenters. The van der Waals surface area contributed by atoms with Crippen LogP contribution < -0.4 is 0 Å². The van der Waals surface area contributed by atoms with E-state index in [4.69, 9.17) is 30.5 Å². The van der Waals surface area contributed by atoms with Gasteiger partial charge in [0.25, 0.3) is 0 Å². The lowest BCUT2D eigenvalue weighted by Crippen LogP contribution is -2.33. The molecule has 2 fully saturated rings. The summed E-state index contributed by atoms with van der Waals surface area (Å²) in [6.07, 6.45) is -1.82. The standard InChI is InChI=1S/C14H15ClO5/c1-14(2)19-9-10(20-14)13(17-11(9)15)18-12(16)8-6-4-3-5-7-8/h3-7,9-11,13H,1-2H3/t9-,10+,11-,13-/m0/s1. The van der Waals surface area contributed by atoms with Crippen LogP contribution in [0.1, 0.15) is 24.2 Å². The Morgan fingerprint density at radius 3 is 2.55 bits per heavy atom. The number of hydrogen-bond donors (Lipinski definition) is 0. The first kappa shape index (κ1) is 13.8. The van der Waals surface area contributed by atoms with Crippen LogP contribution in [0.3, 0.4) is 0 Å². The van der Waals surface area contributed by atoms with Crippen molar-refractivity contribution in [1.29, 1.82) is 0 Å². The molecular formula is C14H15ClO5. The molecule has 0 unspecified atom stereocenters. The maximum Gasteiger partial charge on any atom is 0.340 e. The van der Waals surface area contributed by atoms with Crippen LogP contribution >= 0.6 is 11.6 Å². The third kappa shape index (κ3) is 2.54. The Hall–Kier alpha value is -1.14. The largest absolute Gasteiger partial charge is 0.429 e. The Labute approximate surface area is 121 Å². The van der Waals surface area contributed by atoms with Crippen LogP contribution in [0.4, 0.5) is 0 Å². The van der Waals surface area contributed by atoms with Crippen molar-refractivity contribution in [2.45, 2.75) is 43.7 Å². The van der Waals surface area contributed by atoms with Gasteiger partial charge in [0.05, 0.1) is 5.56 Å². The molecule has 2 aliphatic rings. The maximum atomic E-state index is 12.0. The van der Waals surface area contributed by atoms with Crippen molar-refractivity contribution in [2.75, 3.05) is 0 Å². The van der Waals surface area contributed by atoms with Gasteiger partial charge >= 0.3 is 5.97 Å². The van der Waals surface area contributed by atoms with Gasteiger partial charge in [-0.1, -0.05) is 29.8 Å². The SMILES string of the molecule is CC1(C)O[C@H]2[C@H](OC(=O)c3ccccc3)O[C@H](Cl)[C@H]2O1. The third-order valence-electron chi connectivity index (χ3n) is 3.19. The lowest BCUT2D eigenvalue weighted by Gasteiger charge is -2.22. The molecule has 2 saturated heterocycles. The first-order chi connectivity index (χ1) is 9.46. The molecule has 0 aromatic heterocycles. The number of hydrogen-bond acceptors (Lipinski definition) is 5. The van der Waals surface area contributed by atoms with E-state index in [1.807, 2.05) is 6.07 Å². The summed E-state index contributed by atoms with van der Waals surface area (Å²) >= 11 is 6.05. The Morgan fingerprint density at radius 2 is 1.85 bits per heavy atom. The molecule has 0 spiro atoms. The topological polar surface area (TPSA) is 54.0 Å². The summed E-state index contributed by atoms with van der Waals surface area (Å²) < 4.78 is 22.0. The molecule has 0 amide bonds. The lowest BCUT2D eigenvalue weighted by molar-refractivity contribution is -0.211. The van der Waals surface area contributed by atoms with E-state index in [-0.39, 0.29) is 0 Å². The van der Waals surface area contributed by atoms with Crippen molar-refractivity contribution < 1.29 is 23.7 Å². The first-order valence-electron chi connectivity index (χ1n) is 6.37. The quantitative estimate of drug-likeness (QED) is 0.619. The molecule has 0 radical (unpaired) electrons. The Bertz CT molecular complexity index is 504. The van der Waals surface area contributed by atoms with E-state index >= 15 is 0 Å². The van der Waals surface area contributed by atoms with Gasteiger partial charge < -0.3 is 18.9 Å². The van der Waals surface area contributed by atoms with E-state index in [1.54, 1.807) is 38.1 Å². The monoisotopic (exact) mass is 298 g/mol. The zero-order chi connectivity index (χ0) is 14.3. The molecule has 108 valence electrons. The van der Waals surface area contributed by atoms with Crippen LogP contribution in [-0.4, -0.2) is 35.8 Å². The van der Waals surface area contributed by atoms with Crippen molar-refractivity contribution >= 4 is 17.6 Å². The van der Waals surface area contributed by atoms with Crippen LogP contribution in [0.25, 0.3) is 0 Å². The van der Waals surface area contributed by atoms with Crippen molar-refractivity contribution in [3.8, 4) is 0 Å². The first-order valence-corrected chi connectivity index (χ1v) is 6.81. The van der Waals surface area contributed by atoms with Crippen LogP contribution in [0.2, 0.25) is 0 Å². The number of alkyl halides is 1. The number of benzene rings is 1. The number of fused-ring (bicyclic) bond motifs is 1. The van der Waals surface area contributed by atoms with E-state index in [9.17, 15) is 4.79 Å². The molecular weight excluding hydrogens is 284 g/mol. The van der Waals surface area contributed by atoms with E-state index < -0.39 is 35.8 Å². The summed E-state index contributed by atoms with van der Waals surface area (Å²) in [7, 11) is 0. The van der Waals surface area contributed by atoms with Crippen LogP contribution in [0, 0.1) is 0 Å². The number of ether oxygens (including phenoxy) is 4. The summed E-state index contributed by atoms with van der Waals surface area (Å²) in [5.41, 5.74) is -0.251. The molecule has 3 rings (SSSR count). The smallest absolute Gasteiger partial charge is 0.340 e. The molecule has 1 aromatic carbocycles. The van der Waals surface area contributed by atoms with E-state index in [2.05, 4.69) is 0 Å². The van der Waals surface area contributed by atoms with Gasteiger partial charge in [-0.05, 0) is 26.0 Å². The molecule has 0 aliphatic carbocycles. The zero-order valence-electron chi connectivity index (χ0n) is 11.1. The second-order valence-electron chi connectivity index (χ2n) is 5.19. The van der Waals surface area contributed by atoms with E-state index in [0.717, 1.165) is 0 Å². The van der Waals surface area contributed by atoms with Gasteiger partial charge in [0.15, 0.2) is 17.5 Å². The second kappa shape index (κ2) is 5.00. The summed E-state index contributed by atoms with van der Waals surface area (Å²) in [6, 6.07) is 8.69. The van der Waals surface area contributed by atoms with Gasteiger partial charge in [-0.3, -0.25) is 0 Å². The highest BCUT2D eigenvalue weighted by Gasteiger charge is 2.56. The predicted octanol–water partition coefficient (Wildman–Crippen LogP) is 2.28. The maximum absolute atomic E-state index is 12.0. The number of carbonyl (C=O) groups is 1. The Kier molecular flexibility index (Phi) is 3.46. The summed E-state index contributed by atoms with van der Waals surface area (Å²) in [4.78, 5) is 12.0. The predicted molar refractivity (Wildman–Crippen MR) is 70.2 cm³/mol. The van der Waals surface area contributed by atoms with Gasteiger partial charge in [-0.25, -0.2) is 4.79 Å². The van der Waals surface area contributed by atoms with Crippen molar-refractivity contribution in [3.63, 3.8) is 0 Å². The summed E-state index contributed by atoms with van der Waals surface area (Å²) in [5.74, 6) is -1.24. The highest BCUT2D eigenvalue weighted by molar-refractivity contribution is 6.20.